The smallest absolute Gasteiger partial charge is 0.380 e. The highest BCUT2D eigenvalue weighted by molar-refractivity contribution is 5.82. The van der Waals surface area contributed by atoms with Crippen LogP contribution < -0.4 is 0 Å². The molecule has 0 spiro atoms. The Morgan fingerprint density at radius 1 is 1.47 bits per heavy atom. The van der Waals surface area contributed by atoms with E-state index in [2.05, 4.69) is 0 Å². The Morgan fingerprint density at radius 3 is 2.71 bits per heavy atom. The van der Waals surface area contributed by atoms with E-state index >= 15 is 0 Å². The van der Waals surface area contributed by atoms with Gasteiger partial charge in [-0.25, -0.2) is 0 Å². The third-order valence-electron chi connectivity index (χ3n) is 2.69. The SMILES string of the molecule is CCCN(CC1COCCC1=O)CC(F)(F)F. The van der Waals surface area contributed by atoms with E-state index in [9.17, 15) is 18.0 Å². The summed E-state index contributed by atoms with van der Waals surface area (Å²) < 4.78 is 42.1. The zero-order valence-electron chi connectivity index (χ0n) is 9.92. The fourth-order valence-corrected chi connectivity index (χ4v) is 1.97. The summed E-state index contributed by atoms with van der Waals surface area (Å²) in [6, 6.07) is 0. The molecule has 1 unspecified atom stereocenters. The van der Waals surface area contributed by atoms with Gasteiger partial charge in [-0.1, -0.05) is 6.92 Å². The second-order valence-corrected chi connectivity index (χ2v) is 4.34. The Hall–Kier alpha value is -0.620. The van der Waals surface area contributed by atoms with Crippen LogP contribution in [-0.4, -0.2) is 49.7 Å². The second kappa shape index (κ2) is 6.35. The van der Waals surface area contributed by atoms with Crippen molar-refractivity contribution in [3.05, 3.63) is 0 Å². The Bertz CT molecular complexity index is 256. The monoisotopic (exact) mass is 253 g/mol. The van der Waals surface area contributed by atoms with Gasteiger partial charge in [-0.2, -0.15) is 13.2 Å². The lowest BCUT2D eigenvalue weighted by Crippen LogP contribution is -2.42. The van der Waals surface area contributed by atoms with Crippen LogP contribution in [0.1, 0.15) is 19.8 Å². The Kier molecular flexibility index (Phi) is 5.39. The van der Waals surface area contributed by atoms with E-state index < -0.39 is 18.6 Å². The van der Waals surface area contributed by atoms with Crippen LogP contribution in [0.3, 0.4) is 0 Å². The van der Waals surface area contributed by atoms with Gasteiger partial charge in [0.15, 0.2) is 0 Å². The average molecular weight is 253 g/mol. The van der Waals surface area contributed by atoms with E-state index in [1.807, 2.05) is 6.92 Å². The van der Waals surface area contributed by atoms with Gasteiger partial charge in [-0.05, 0) is 13.0 Å². The summed E-state index contributed by atoms with van der Waals surface area (Å²) >= 11 is 0. The summed E-state index contributed by atoms with van der Waals surface area (Å²) in [7, 11) is 0. The van der Waals surface area contributed by atoms with Gasteiger partial charge in [0, 0.05) is 13.0 Å². The number of rotatable bonds is 5. The fourth-order valence-electron chi connectivity index (χ4n) is 1.97. The summed E-state index contributed by atoms with van der Waals surface area (Å²) in [5.74, 6) is -0.392. The minimum atomic E-state index is -4.21. The first kappa shape index (κ1) is 14.4. The molecule has 17 heavy (non-hydrogen) atoms. The van der Waals surface area contributed by atoms with Gasteiger partial charge in [0.2, 0.25) is 0 Å². The van der Waals surface area contributed by atoms with Gasteiger partial charge in [0.1, 0.15) is 5.78 Å². The normalized spacial score (nSPS) is 22.2. The van der Waals surface area contributed by atoms with Crippen molar-refractivity contribution in [2.45, 2.75) is 25.9 Å². The van der Waals surface area contributed by atoms with Gasteiger partial charge in [0.25, 0.3) is 0 Å². The van der Waals surface area contributed by atoms with Gasteiger partial charge >= 0.3 is 6.18 Å². The predicted octanol–water partition coefficient (Wildman–Crippen LogP) is 1.87. The summed E-state index contributed by atoms with van der Waals surface area (Å²) in [4.78, 5) is 12.8. The van der Waals surface area contributed by atoms with Crippen LogP contribution in [0, 0.1) is 5.92 Å². The van der Waals surface area contributed by atoms with Crippen molar-refractivity contribution in [1.82, 2.24) is 4.90 Å². The number of carbonyl (C=O) groups excluding carboxylic acids is 1. The number of nitrogens with zero attached hydrogens (tertiary/aromatic N) is 1. The van der Waals surface area contributed by atoms with Crippen LogP contribution in [0.5, 0.6) is 0 Å². The summed E-state index contributed by atoms with van der Waals surface area (Å²) in [5.41, 5.74) is 0. The van der Waals surface area contributed by atoms with Crippen molar-refractivity contribution >= 4 is 5.78 Å². The van der Waals surface area contributed by atoms with E-state index in [-0.39, 0.29) is 18.9 Å². The molecule has 1 aliphatic rings. The van der Waals surface area contributed by atoms with Crippen LogP contribution in [0.4, 0.5) is 13.2 Å². The molecule has 0 aromatic carbocycles. The molecule has 3 nitrogen and oxygen atoms in total. The van der Waals surface area contributed by atoms with Crippen molar-refractivity contribution in [1.29, 1.82) is 0 Å². The molecule has 0 bridgehead atoms. The first-order chi connectivity index (χ1) is 7.92. The Labute approximate surface area is 98.9 Å². The molecule has 0 aliphatic carbocycles. The Morgan fingerprint density at radius 2 is 2.18 bits per heavy atom. The van der Waals surface area contributed by atoms with Crippen molar-refractivity contribution in [2.75, 3.05) is 32.8 Å². The lowest BCUT2D eigenvalue weighted by atomic mass is 10.00. The van der Waals surface area contributed by atoms with E-state index in [0.717, 1.165) is 0 Å². The van der Waals surface area contributed by atoms with Crippen molar-refractivity contribution < 1.29 is 22.7 Å². The molecule has 1 rings (SSSR count). The number of alkyl halides is 3. The van der Waals surface area contributed by atoms with E-state index in [1.54, 1.807) is 0 Å². The maximum absolute atomic E-state index is 12.3. The van der Waals surface area contributed by atoms with Gasteiger partial charge in [-0.3, -0.25) is 9.69 Å². The van der Waals surface area contributed by atoms with Crippen molar-refractivity contribution in [2.24, 2.45) is 5.92 Å². The minimum Gasteiger partial charge on any atom is -0.380 e. The summed E-state index contributed by atoms with van der Waals surface area (Å²) in [6.45, 7) is 2.00. The third-order valence-corrected chi connectivity index (χ3v) is 2.69. The molecule has 0 N–H and O–H groups in total. The standard InChI is InChI=1S/C11H18F3NO2/c1-2-4-15(8-11(12,13)14)6-9-7-17-5-3-10(9)16/h9H,2-8H2,1H3. The topological polar surface area (TPSA) is 29.5 Å². The molecule has 0 amide bonds. The van der Waals surface area contributed by atoms with E-state index in [1.165, 1.54) is 4.90 Å². The predicted molar refractivity (Wildman–Crippen MR) is 56.7 cm³/mol. The molecule has 1 saturated heterocycles. The molecule has 6 heteroatoms. The number of Topliss-reactive ketones (excluding diaryl/α,β-unsaturated/α-hetero) is 1. The first-order valence-corrected chi connectivity index (χ1v) is 5.82. The molecule has 0 aromatic heterocycles. The number of halogens is 3. The zero-order valence-corrected chi connectivity index (χ0v) is 9.92. The largest absolute Gasteiger partial charge is 0.401 e. The van der Waals surface area contributed by atoms with Crippen LogP contribution in [0.2, 0.25) is 0 Å². The highest BCUT2D eigenvalue weighted by atomic mass is 19.4. The lowest BCUT2D eigenvalue weighted by molar-refractivity contribution is -0.151. The average Bonchev–Trinajstić information content (AvgIpc) is 2.19. The summed E-state index contributed by atoms with van der Waals surface area (Å²) in [6.07, 6.45) is -3.26. The number of carbonyl (C=O) groups is 1. The zero-order chi connectivity index (χ0) is 12.9. The van der Waals surface area contributed by atoms with Crippen LogP contribution in [0.15, 0.2) is 0 Å². The van der Waals surface area contributed by atoms with Gasteiger partial charge in [-0.15, -0.1) is 0 Å². The van der Waals surface area contributed by atoms with Crippen LogP contribution >= 0.6 is 0 Å². The maximum Gasteiger partial charge on any atom is 0.401 e. The molecule has 1 heterocycles. The lowest BCUT2D eigenvalue weighted by Gasteiger charge is -2.29. The number of ether oxygens (including phenoxy) is 1. The van der Waals surface area contributed by atoms with Gasteiger partial charge in [0.05, 0.1) is 25.7 Å². The fraction of sp³-hybridized carbons (Fsp3) is 0.909. The van der Waals surface area contributed by atoms with Crippen LogP contribution in [-0.2, 0) is 9.53 Å². The van der Waals surface area contributed by atoms with Crippen molar-refractivity contribution in [3.63, 3.8) is 0 Å². The molecule has 0 aromatic rings. The molecular weight excluding hydrogens is 235 g/mol. The Balaban J connectivity index is 2.50. The third kappa shape index (κ3) is 5.50. The maximum atomic E-state index is 12.3. The number of hydrogen-bond acceptors (Lipinski definition) is 3. The van der Waals surface area contributed by atoms with Crippen LogP contribution in [0.25, 0.3) is 0 Å². The molecule has 1 aliphatic heterocycles. The first-order valence-electron chi connectivity index (χ1n) is 5.82. The number of ketones is 1. The van der Waals surface area contributed by atoms with Gasteiger partial charge < -0.3 is 4.74 Å². The highest BCUT2D eigenvalue weighted by Gasteiger charge is 2.33. The quantitative estimate of drug-likeness (QED) is 0.749. The van der Waals surface area contributed by atoms with E-state index in [4.69, 9.17) is 4.74 Å². The second-order valence-electron chi connectivity index (χ2n) is 4.34. The molecule has 1 fully saturated rings. The minimum absolute atomic E-state index is 0.0135. The highest BCUT2D eigenvalue weighted by Crippen LogP contribution is 2.19. The molecule has 100 valence electrons. The van der Waals surface area contributed by atoms with Crippen molar-refractivity contribution in [3.8, 4) is 0 Å². The van der Waals surface area contributed by atoms with E-state index in [0.29, 0.717) is 26.0 Å². The number of hydrogen-bond donors (Lipinski definition) is 0. The molecule has 0 radical (unpaired) electrons. The molecular formula is C11H18F3NO2. The molecule has 0 saturated carbocycles. The molecule has 1 atom stereocenters. The summed E-state index contributed by atoms with van der Waals surface area (Å²) in [5, 5.41) is 0.